The SMILES string of the molecule is COc1ccc(OC)c([C@@H]2CC(=O)N3C[NH+](Cc4ccccc4)CSC3=C2C#N)c1. The predicted octanol–water partition coefficient (Wildman–Crippen LogP) is 2.50. The van der Waals surface area contributed by atoms with Crippen LogP contribution in [0.2, 0.25) is 0 Å². The quantitative estimate of drug-likeness (QED) is 0.802. The van der Waals surface area contributed by atoms with E-state index in [1.165, 1.54) is 10.5 Å². The summed E-state index contributed by atoms with van der Waals surface area (Å²) in [6.07, 6.45) is 0.245. The van der Waals surface area contributed by atoms with E-state index in [4.69, 9.17) is 9.47 Å². The molecule has 2 aromatic carbocycles. The first-order chi connectivity index (χ1) is 14.6. The molecule has 30 heavy (non-hydrogen) atoms. The molecule has 2 aromatic rings. The molecule has 4 rings (SSSR count). The van der Waals surface area contributed by atoms with Crippen LogP contribution >= 0.6 is 11.8 Å². The number of allylic oxidation sites excluding steroid dienone is 1. The zero-order valence-corrected chi connectivity index (χ0v) is 17.9. The standard InChI is InChI=1S/C23H23N3O3S/c1-28-17-8-9-21(29-2)19(10-17)18-11-22(27)26-14-25(13-16-6-4-3-5-7-16)15-30-23(26)20(18)12-24/h3-10,18H,11,13-15H2,1-2H3/p+1/t18-/m0/s1. The summed E-state index contributed by atoms with van der Waals surface area (Å²) in [6, 6.07) is 18.2. The van der Waals surface area contributed by atoms with Gasteiger partial charge in [-0.25, -0.2) is 0 Å². The molecular formula is C23H24N3O3S+. The molecule has 0 aliphatic carbocycles. The summed E-state index contributed by atoms with van der Waals surface area (Å²) in [4.78, 5) is 16.2. The van der Waals surface area contributed by atoms with Crippen LogP contribution in [0.25, 0.3) is 0 Å². The Hall–Kier alpha value is -2.95. The topological polar surface area (TPSA) is 67.0 Å². The van der Waals surface area contributed by atoms with Gasteiger partial charge in [0, 0.05) is 23.5 Å². The second-order valence-electron chi connectivity index (χ2n) is 7.38. The monoisotopic (exact) mass is 422 g/mol. The first-order valence-corrected chi connectivity index (χ1v) is 10.8. The lowest BCUT2D eigenvalue weighted by Gasteiger charge is -2.39. The number of methoxy groups -OCH3 is 2. The maximum atomic E-state index is 13.1. The third-order valence-electron chi connectivity index (χ3n) is 5.53. The van der Waals surface area contributed by atoms with Crippen LogP contribution in [0.4, 0.5) is 0 Å². The highest BCUT2D eigenvalue weighted by Gasteiger charge is 2.40. The molecule has 154 valence electrons. The average molecular weight is 423 g/mol. The van der Waals surface area contributed by atoms with Gasteiger partial charge in [0.25, 0.3) is 0 Å². The number of nitrogens with one attached hydrogen (secondary N) is 1. The summed E-state index contributed by atoms with van der Waals surface area (Å²) in [5.74, 6) is 1.85. The molecule has 0 saturated carbocycles. The third kappa shape index (κ3) is 3.89. The normalized spacial score (nSPS) is 21.1. The number of benzene rings is 2. The fraction of sp³-hybridized carbons (Fsp3) is 0.304. The Morgan fingerprint density at radius 2 is 2.00 bits per heavy atom. The number of amides is 1. The number of hydrogen-bond donors (Lipinski definition) is 1. The van der Waals surface area contributed by atoms with Crippen molar-refractivity contribution in [3.63, 3.8) is 0 Å². The van der Waals surface area contributed by atoms with Gasteiger partial charge in [-0.2, -0.15) is 5.26 Å². The van der Waals surface area contributed by atoms with Gasteiger partial charge in [-0.3, -0.25) is 9.69 Å². The molecule has 0 aromatic heterocycles. The van der Waals surface area contributed by atoms with Gasteiger partial charge >= 0.3 is 0 Å². The van der Waals surface area contributed by atoms with E-state index < -0.39 is 0 Å². The number of nitriles is 1. The minimum absolute atomic E-state index is 0.0386. The van der Waals surface area contributed by atoms with Gasteiger partial charge in [0.05, 0.1) is 25.9 Å². The van der Waals surface area contributed by atoms with E-state index >= 15 is 0 Å². The number of fused-ring (bicyclic) bond motifs is 1. The van der Waals surface area contributed by atoms with E-state index in [1.54, 1.807) is 30.9 Å². The number of carbonyl (C=O) groups excluding carboxylic acids is 1. The average Bonchev–Trinajstić information content (AvgIpc) is 2.79. The van der Waals surface area contributed by atoms with Gasteiger partial charge in [0.1, 0.15) is 28.9 Å². The van der Waals surface area contributed by atoms with E-state index in [9.17, 15) is 10.1 Å². The number of quaternary nitrogens is 1. The zero-order valence-electron chi connectivity index (χ0n) is 17.1. The molecule has 1 fully saturated rings. The van der Waals surface area contributed by atoms with Crippen LogP contribution in [0.3, 0.4) is 0 Å². The molecule has 2 heterocycles. The van der Waals surface area contributed by atoms with Crippen LogP contribution in [-0.4, -0.2) is 37.6 Å². The highest BCUT2D eigenvalue weighted by molar-refractivity contribution is 8.02. The minimum Gasteiger partial charge on any atom is -0.497 e. The van der Waals surface area contributed by atoms with Gasteiger partial charge in [-0.05, 0) is 30.0 Å². The highest BCUT2D eigenvalue weighted by atomic mass is 32.2. The minimum atomic E-state index is -0.332. The maximum Gasteiger partial charge on any atom is 0.232 e. The summed E-state index contributed by atoms with van der Waals surface area (Å²) < 4.78 is 10.9. The summed E-state index contributed by atoms with van der Waals surface area (Å²) in [5, 5.41) is 10.8. The lowest BCUT2D eigenvalue weighted by molar-refractivity contribution is -0.910. The van der Waals surface area contributed by atoms with Crippen molar-refractivity contribution in [1.82, 2.24) is 4.90 Å². The lowest BCUT2D eigenvalue weighted by Crippen LogP contribution is -3.12. The number of carbonyl (C=O) groups is 1. The predicted molar refractivity (Wildman–Crippen MR) is 115 cm³/mol. The van der Waals surface area contributed by atoms with Gasteiger partial charge in [0.2, 0.25) is 5.91 Å². The van der Waals surface area contributed by atoms with Crippen molar-refractivity contribution in [3.05, 3.63) is 70.3 Å². The molecule has 0 bridgehead atoms. The van der Waals surface area contributed by atoms with E-state index in [1.807, 2.05) is 36.4 Å². The van der Waals surface area contributed by atoms with E-state index in [0.717, 1.165) is 23.0 Å². The first kappa shape index (κ1) is 20.3. The zero-order chi connectivity index (χ0) is 21.1. The van der Waals surface area contributed by atoms with Crippen molar-refractivity contribution in [2.45, 2.75) is 18.9 Å². The van der Waals surface area contributed by atoms with Crippen LogP contribution < -0.4 is 14.4 Å². The van der Waals surface area contributed by atoms with Crippen LogP contribution in [0.1, 0.15) is 23.5 Å². The summed E-state index contributed by atoms with van der Waals surface area (Å²) in [7, 11) is 3.20. The van der Waals surface area contributed by atoms with Crippen LogP contribution in [0.15, 0.2) is 59.1 Å². The number of nitrogens with zero attached hydrogens (tertiary/aromatic N) is 2. The van der Waals surface area contributed by atoms with Crippen molar-refractivity contribution in [3.8, 4) is 17.6 Å². The molecule has 0 spiro atoms. The summed E-state index contributed by atoms with van der Waals surface area (Å²) in [6.45, 7) is 1.42. The first-order valence-electron chi connectivity index (χ1n) is 9.81. The van der Waals surface area contributed by atoms with Crippen molar-refractivity contribution in [2.24, 2.45) is 0 Å². The Bertz CT molecular complexity index is 1020. The largest absolute Gasteiger partial charge is 0.497 e. The molecule has 1 unspecified atom stereocenters. The van der Waals surface area contributed by atoms with Gasteiger partial charge in [0.15, 0.2) is 6.67 Å². The molecule has 1 saturated heterocycles. The Balaban J connectivity index is 1.64. The van der Waals surface area contributed by atoms with Crippen molar-refractivity contribution < 1.29 is 19.2 Å². The molecule has 0 radical (unpaired) electrons. The molecule has 2 aliphatic rings. The smallest absolute Gasteiger partial charge is 0.232 e. The second kappa shape index (κ2) is 8.82. The van der Waals surface area contributed by atoms with Gasteiger partial charge in [-0.1, -0.05) is 30.3 Å². The molecule has 2 atom stereocenters. The molecule has 2 aliphatic heterocycles. The Morgan fingerprint density at radius 1 is 1.20 bits per heavy atom. The maximum absolute atomic E-state index is 13.1. The summed E-state index contributed by atoms with van der Waals surface area (Å²) >= 11 is 1.59. The van der Waals surface area contributed by atoms with E-state index in [2.05, 4.69) is 18.2 Å². The number of rotatable bonds is 5. The van der Waals surface area contributed by atoms with Crippen molar-refractivity contribution in [1.29, 1.82) is 5.26 Å². The molecule has 6 nitrogen and oxygen atoms in total. The number of thioether (sulfide) groups is 1. The second-order valence-corrected chi connectivity index (χ2v) is 8.34. The third-order valence-corrected chi connectivity index (χ3v) is 6.79. The Labute approximate surface area is 180 Å². The number of ether oxygens (including phenoxy) is 2. The highest BCUT2D eigenvalue weighted by Crippen LogP contribution is 2.44. The van der Waals surface area contributed by atoms with Crippen LogP contribution in [-0.2, 0) is 11.3 Å². The van der Waals surface area contributed by atoms with Gasteiger partial charge in [-0.15, -0.1) is 0 Å². The molecule has 1 N–H and O–H groups in total. The van der Waals surface area contributed by atoms with Crippen molar-refractivity contribution >= 4 is 17.7 Å². The molecule has 1 amide bonds. The fourth-order valence-corrected chi connectivity index (χ4v) is 5.24. The fourth-order valence-electron chi connectivity index (χ4n) is 4.04. The molecular weight excluding hydrogens is 398 g/mol. The molecule has 7 heteroatoms. The van der Waals surface area contributed by atoms with Crippen LogP contribution in [0.5, 0.6) is 11.5 Å². The van der Waals surface area contributed by atoms with Gasteiger partial charge < -0.3 is 14.4 Å². The van der Waals surface area contributed by atoms with E-state index in [-0.39, 0.29) is 18.2 Å². The Kier molecular flexibility index (Phi) is 5.98. The Morgan fingerprint density at radius 3 is 2.70 bits per heavy atom. The van der Waals surface area contributed by atoms with E-state index in [0.29, 0.717) is 23.7 Å². The summed E-state index contributed by atoms with van der Waals surface area (Å²) in [5.41, 5.74) is 2.68. The van der Waals surface area contributed by atoms with Crippen molar-refractivity contribution in [2.75, 3.05) is 26.8 Å². The van der Waals surface area contributed by atoms with Crippen LogP contribution in [0, 0.1) is 11.3 Å². The number of hydrogen-bond acceptors (Lipinski definition) is 5. The lowest BCUT2D eigenvalue weighted by atomic mass is 9.86.